The molecule has 1 saturated heterocycles. The van der Waals surface area contributed by atoms with Gasteiger partial charge in [0.1, 0.15) is 5.76 Å². The second-order valence-corrected chi connectivity index (χ2v) is 4.49. The van der Waals surface area contributed by atoms with Crippen LogP contribution in [0.2, 0.25) is 0 Å². The summed E-state index contributed by atoms with van der Waals surface area (Å²) in [5.74, 6) is -1.04. The molecule has 7 heteroatoms. The number of urea groups is 1. The summed E-state index contributed by atoms with van der Waals surface area (Å²) in [6.07, 6.45) is 1.56. The van der Waals surface area contributed by atoms with Gasteiger partial charge in [-0.05, 0) is 25.5 Å². The Morgan fingerprint density at radius 3 is 2.84 bits per heavy atom. The van der Waals surface area contributed by atoms with Crippen molar-refractivity contribution in [2.75, 3.05) is 6.54 Å². The first kappa shape index (κ1) is 13.1. The van der Waals surface area contributed by atoms with Crippen LogP contribution >= 0.6 is 0 Å². The molecular formula is C12H14N2O5. The molecule has 0 bridgehead atoms. The molecule has 0 radical (unpaired) electrons. The Morgan fingerprint density at radius 2 is 2.26 bits per heavy atom. The predicted molar refractivity (Wildman–Crippen MR) is 63.2 cm³/mol. The van der Waals surface area contributed by atoms with Crippen LogP contribution in [0, 0.1) is 0 Å². The average molecular weight is 266 g/mol. The number of nitrogens with zero attached hydrogens (tertiary/aromatic N) is 1. The zero-order chi connectivity index (χ0) is 14.0. The van der Waals surface area contributed by atoms with Gasteiger partial charge in [0.25, 0.3) is 5.91 Å². The molecule has 7 nitrogen and oxygen atoms in total. The van der Waals surface area contributed by atoms with Gasteiger partial charge in [-0.25, -0.2) is 4.79 Å². The maximum Gasteiger partial charge on any atom is 0.325 e. The Morgan fingerprint density at radius 1 is 1.53 bits per heavy atom. The quantitative estimate of drug-likeness (QED) is 0.771. The van der Waals surface area contributed by atoms with Crippen molar-refractivity contribution in [1.29, 1.82) is 0 Å². The number of nitrogens with one attached hydrogen (secondary N) is 1. The van der Waals surface area contributed by atoms with Crippen LogP contribution in [0.5, 0.6) is 0 Å². The fourth-order valence-electron chi connectivity index (χ4n) is 2.02. The molecule has 1 atom stereocenters. The van der Waals surface area contributed by atoms with E-state index < -0.39 is 23.4 Å². The van der Waals surface area contributed by atoms with E-state index in [0.717, 1.165) is 4.90 Å². The van der Waals surface area contributed by atoms with Crippen molar-refractivity contribution in [3.63, 3.8) is 0 Å². The highest BCUT2D eigenvalue weighted by atomic mass is 16.4. The molecule has 2 rings (SSSR count). The van der Waals surface area contributed by atoms with Gasteiger partial charge < -0.3 is 14.8 Å². The van der Waals surface area contributed by atoms with Gasteiger partial charge in [-0.1, -0.05) is 0 Å². The highest BCUT2D eigenvalue weighted by Crippen LogP contribution is 2.29. The van der Waals surface area contributed by atoms with Crippen molar-refractivity contribution >= 4 is 17.9 Å². The summed E-state index contributed by atoms with van der Waals surface area (Å²) in [5, 5.41) is 11.1. The van der Waals surface area contributed by atoms with Gasteiger partial charge in [-0.15, -0.1) is 0 Å². The van der Waals surface area contributed by atoms with Crippen molar-refractivity contribution in [2.24, 2.45) is 0 Å². The van der Waals surface area contributed by atoms with Crippen LogP contribution in [-0.4, -0.2) is 34.5 Å². The molecule has 102 valence electrons. The third kappa shape index (κ3) is 2.31. The molecule has 2 N–H and O–H groups in total. The van der Waals surface area contributed by atoms with Crippen molar-refractivity contribution < 1.29 is 23.9 Å². The minimum absolute atomic E-state index is 0.0767. The van der Waals surface area contributed by atoms with Crippen LogP contribution in [-0.2, 0) is 15.1 Å². The van der Waals surface area contributed by atoms with Crippen LogP contribution < -0.4 is 5.32 Å². The zero-order valence-electron chi connectivity index (χ0n) is 10.4. The largest absolute Gasteiger partial charge is 0.481 e. The third-order valence-corrected chi connectivity index (χ3v) is 3.06. The molecule has 1 fully saturated rings. The summed E-state index contributed by atoms with van der Waals surface area (Å²) in [7, 11) is 0. The van der Waals surface area contributed by atoms with Gasteiger partial charge in [0.15, 0.2) is 5.54 Å². The van der Waals surface area contributed by atoms with Crippen molar-refractivity contribution in [3.05, 3.63) is 24.2 Å². The van der Waals surface area contributed by atoms with E-state index in [2.05, 4.69) is 5.32 Å². The predicted octanol–water partition coefficient (Wildman–Crippen LogP) is 0.911. The average Bonchev–Trinajstić information content (AvgIpc) is 2.92. The topological polar surface area (TPSA) is 99.8 Å². The second-order valence-electron chi connectivity index (χ2n) is 4.49. The summed E-state index contributed by atoms with van der Waals surface area (Å²) in [4.78, 5) is 35.5. The number of carboxylic acid groups (broad SMARTS) is 1. The number of hydrogen-bond acceptors (Lipinski definition) is 4. The van der Waals surface area contributed by atoms with Crippen LogP contribution in [0.3, 0.4) is 0 Å². The second kappa shape index (κ2) is 4.75. The minimum atomic E-state index is -1.22. The van der Waals surface area contributed by atoms with Crippen molar-refractivity contribution in [3.8, 4) is 0 Å². The Balaban J connectivity index is 2.10. The van der Waals surface area contributed by atoms with Crippen LogP contribution in [0.1, 0.15) is 25.5 Å². The molecule has 1 aliphatic rings. The standard InChI is InChI=1S/C12H14N2O5/c1-12(8-4-3-7-19-8)10(17)14(11(18)13-12)6-2-5-9(15)16/h3-4,7H,2,5-6H2,1H3,(H,13,18)(H,15,16). The highest BCUT2D eigenvalue weighted by Gasteiger charge is 2.50. The number of rotatable bonds is 5. The Labute approximate surface area is 109 Å². The Bertz CT molecular complexity index is 510. The number of hydrogen-bond donors (Lipinski definition) is 2. The summed E-state index contributed by atoms with van der Waals surface area (Å²) >= 11 is 0. The first-order chi connectivity index (χ1) is 8.95. The van der Waals surface area contributed by atoms with Crippen LogP contribution in [0.25, 0.3) is 0 Å². The smallest absolute Gasteiger partial charge is 0.325 e. The molecule has 3 amide bonds. The first-order valence-electron chi connectivity index (χ1n) is 5.85. The normalized spacial score (nSPS) is 22.7. The molecule has 19 heavy (non-hydrogen) atoms. The maximum atomic E-state index is 12.2. The van der Waals surface area contributed by atoms with E-state index >= 15 is 0 Å². The van der Waals surface area contributed by atoms with Gasteiger partial charge >= 0.3 is 12.0 Å². The lowest BCUT2D eigenvalue weighted by Gasteiger charge is -2.18. The fraction of sp³-hybridized carbons (Fsp3) is 0.417. The Kier molecular flexibility index (Phi) is 3.28. The molecule has 1 unspecified atom stereocenters. The summed E-state index contributed by atoms with van der Waals surface area (Å²) < 4.78 is 5.17. The molecule has 0 aromatic carbocycles. The van der Waals surface area contributed by atoms with Gasteiger partial charge in [0.2, 0.25) is 0 Å². The number of imide groups is 1. The molecule has 0 aliphatic carbocycles. The molecule has 1 aromatic heterocycles. The maximum absolute atomic E-state index is 12.2. The van der Waals surface area contributed by atoms with Crippen LogP contribution in [0.15, 0.2) is 22.8 Å². The summed E-state index contributed by atoms with van der Waals surface area (Å²) in [6, 6.07) is 2.71. The Hall–Kier alpha value is -2.31. The fourth-order valence-corrected chi connectivity index (χ4v) is 2.02. The SMILES string of the molecule is CC1(c2ccco2)NC(=O)N(CCCC(=O)O)C1=O. The number of carboxylic acids is 1. The first-order valence-corrected chi connectivity index (χ1v) is 5.85. The minimum Gasteiger partial charge on any atom is -0.481 e. The lowest BCUT2D eigenvalue weighted by atomic mass is 9.99. The molecule has 0 spiro atoms. The van der Waals surface area contributed by atoms with Gasteiger partial charge in [-0.3, -0.25) is 14.5 Å². The molecule has 0 saturated carbocycles. The van der Waals surface area contributed by atoms with E-state index in [1.165, 1.54) is 6.26 Å². The van der Waals surface area contributed by atoms with E-state index in [4.69, 9.17) is 9.52 Å². The molecule has 1 aliphatic heterocycles. The summed E-state index contributed by atoms with van der Waals surface area (Å²) in [6.45, 7) is 1.64. The third-order valence-electron chi connectivity index (χ3n) is 3.06. The van der Waals surface area contributed by atoms with Crippen molar-refractivity contribution in [2.45, 2.75) is 25.3 Å². The van der Waals surface area contributed by atoms with E-state index in [1.54, 1.807) is 19.1 Å². The van der Waals surface area contributed by atoms with E-state index in [9.17, 15) is 14.4 Å². The lowest BCUT2D eigenvalue weighted by molar-refractivity contribution is -0.138. The van der Waals surface area contributed by atoms with Crippen molar-refractivity contribution in [1.82, 2.24) is 10.2 Å². The molecular weight excluding hydrogens is 252 g/mol. The number of carbonyl (C=O) groups excluding carboxylic acids is 2. The number of carbonyl (C=O) groups is 3. The molecule has 2 heterocycles. The number of amides is 3. The number of furan rings is 1. The van der Waals surface area contributed by atoms with Gasteiger partial charge in [-0.2, -0.15) is 0 Å². The summed E-state index contributed by atoms with van der Waals surface area (Å²) in [5.41, 5.74) is -1.22. The lowest BCUT2D eigenvalue weighted by Crippen LogP contribution is -2.40. The highest BCUT2D eigenvalue weighted by molar-refractivity contribution is 6.06. The van der Waals surface area contributed by atoms with E-state index in [1.807, 2.05) is 0 Å². The number of aliphatic carboxylic acids is 1. The van der Waals surface area contributed by atoms with Gasteiger partial charge in [0.05, 0.1) is 6.26 Å². The van der Waals surface area contributed by atoms with Crippen LogP contribution in [0.4, 0.5) is 4.79 Å². The van der Waals surface area contributed by atoms with E-state index in [0.29, 0.717) is 5.76 Å². The van der Waals surface area contributed by atoms with Gasteiger partial charge in [0, 0.05) is 13.0 Å². The van der Waals surface area contributed by atoms with E-state index in [-0.39, 0.29) is 19.4 Å². The monoisotopic (exact) mass is 266 g/mol. The molecule has 1 aromatic rings. The zero-order valence-corrected chi connectivity index (χ0v) is 10.4.